The molecule has 11 nitrogen and oxygen atoms in total. The third-order valence-electron chi connectivity index (χ3n) is 6.14. The molecular weight excluding hydrogens is 526 g/mol. The van der Waals surface area contributed by atoms with Gasteiger partial charge in [0.2, 0.25) is 9.84 Å². The van der Waals surface area contributed by atoms with Gasteiger partial charge in [-0.25, -0.2) is 23.2 Å². The molecule has 4 aromatic rings. The zero-order chi connectivity index (χ0) is 28.3. The van der Waals surface area contributed by atoms with Crippen molar-refractivity contribution in [1.82, 2.24) is 14.5 Å². The van der Waals surface area contributed by atoms with E-state index < -0.39 is 26.6 Å². The summed E-state index contributed by atoms with van der Waals surface area (Å²) < 4.78 is 56.5. The molecule has 2 aromatic heterocycles. The van der Waals surface area contributed by atoms with E-state index in [1.165, 1.54) is 34.6 Å². The lowest BCUT2D eigenvalue weighted by molar-refractivity contribution is 0.0522. The van der Waals surface area contributed by atoms with Gasteiger partial charge in [-0.2, -0.15) is 0 Å². The third-order valence-corrected chi connectivity index (χ3v) is 7.67. The van der Waals surface area contributed by atoms with Crippen LogP contribution in [-0.4, -0.2) is 64.0 Å². The maximum atomic E-state index is 13.9. The lowest BCUT2D eigenvalue weighted by Gasteiger charge is -2.19. The summed E-state index contributed by atoms with van der Waals surface area (Å²) in [6.45, 7) is 1.66. The fourth-order valence-electron chi connectivity index (χ4n) is 4.25. The zero-order valence-corrected chi connectivity index (χ0v) is 23.3. The summed E-state index contributed by atoms with van der Waals surface area (Å²) in [5.41, 5.74) is 0.810. The predicted molar refractivity (Wildman–Crippen MR) is 143 cm³/mol. The first-order chi connectivity index (χ1) is 18.7. The van der Waals surface area contributed by atoms with Gasteiger partial charge in [0.1, 0.15) is 17.1 Å². The molecule has 0 aliphatic heterocycles. The molecule has 0 saturated heterocycles. The Morgan fingerprint density at radius 1 is 0.923 bits per heavy atom. The first kappa shape index (κ1) is 27.7. The van der Waals surface area contributed by atoms with Crippen molar-refractivity contribution in [3.8, 4) is 34.1 Å². The number of carbonyl (C=O) groups is 1. The van der Waals surface area contributed by atoms with Crippen LogP contribution in [0, 0.1) is 0 Å². The maximum Gasteiger partial charge on any atom is 0.341 e. The molecule has 0 amide bonds. The molecule has 0 saturated carbocycles. The number of nitrogens with zero attached hydrogens (tertiary/aromatic N) is 3. The second kappa shape index (κ2) is 11.2. The van der Waals surface area contributed by atoms with Crippen LogP contribution >= 0.6 is 0 Å². The van der Waals surface area contributed by atoms with Crippen LogP contribution in [0.5, 0.6) is 23.0 Å². The minimum Gasteiger partial charge on any atom is -0.493 e. The number of imidazole rings is 1. The van der Waals surface area contributed by atoms with Crippen LogP contribution in [0.3, 0.4) is 0 Å². The maximum absolute atomic E-state index is 13.9. The number of ether oxygens (including phenoxy) is 5. The van der Waals surface area contributed by atoms with Gasteiger partial charge in [-0.15, -0.1) is 0 Å². The second-order valence-electron chi connectivity index (χ2n) is 8.39. The highest BCUT2D eigenvalue weighted by atomic mass is 32.2. The summed E-state index contributed by atoms with van der Waals surface area (Å²) in [5, 5.41) is 0.00678. The van der Waals surface area contributed by atoms with Gasteiger partial charge in [0.05, 0.1) is 40.6 Å². The van der Waals surface area contributed by atoms with Crippen LogP contribution in [0.4, 0.5) is 0 Å². The molecule has 2 aromatic carbocycles. The molecular formula is C27H29N3O8S. The average molecular weight is 556 g/mol. The molecule has 39 heavy (non-hydrogen) atoms. The van der Waals surface area contributed by atoms with E-state index in [1.807, 2.05) is 0 Å². The Balaban J connectivity index is 2.16. The van der Waals surface area contributed by atoms with E-state index in [1.54, 1.807) is 55.1 Å². The van der Waals surface area contributed by atoms with Crippen LogP contribution < -0.4 is 18.9 Å². The van der Waals surface area contributed by atoms with Gasteiger partial charge in [-0.1, -0.05) is 6.07 Å². The Morgan fingerprint density at radius 3 is 2.15 bits per heavy atom. The van der Waals surface area contributed by atoms with E-state index in [2.05, 4.69) is 9.97 Å². The fourth-order valence-corrected chi connectivity index (χ4v) is 5.74. The van der Waals surface area contributed by atoms with Crippen LogP contribution in [0.1, 0.15) is 23.1 Å². The van der Waals surface area contributed by atoms with Gasteiger partial charge in [-0.05, 0) is 30.7 Å². The lowest BCUT2D eigenvalue weighted by atomic mass is 9.95. The zero-order valence-electron chi connectivity index (χ0n) is 22.5. The highest BCUT2D eigenvalue weighted by Gasteiger charge is 2.33. The quantitative estimate of drug-likeness (QED) is 0.266. The van der Waals surface area contributed by atoms with Crippen LogP contribution in [0.15, 0.2) is 47.8 Å². The van der Waals surface area contributed by atoms with Gasteiger partial charge in [0.15, 0.2) is 28.0 Å². The van der Waals surface area contributed by atoms with Crippen molar-refractivity contribution in [3.63, 3.8) is 0 Å². The van der Waals surface area contributed by atoms with E-state index in [-0.39, 0.29) is 29.1 Å². The first-order valence-electron chi connectivity index (χ1n) is 11.9. The Kier molecular flexibility index (Phi) is 7.95. The molecule has 12 heteroatoms. The Labute approximate surface area is 226 Å². The minimum absolute atomic E-state index is 0.0209. The summed E-state index contributed by atoms with van der Waals surface area (Å²) in [4.78, 5) is 22.1. The summed E-state index contributed by atoms with van der Waals surface area (Å²) >= 11 is 0. The monoisotopic (exact) mass is 555 g/mol. The highest BCUT2D eigenvalue weighted by Crippen LogP contribution is 2.43. The number of benzene rings is 2. The largest absolute Gasteiger partial charge is 0.493 e. The summed E-state index contributed by atoms with van der Waals surface area (Å²) in [7, 11) is 3.40. The summed E-state index contributed by atoms with van der Waals surface area (Å²) in [6.07, 6.45) is 3.13. The molecule has 0 N–H and O–H groups in total. The lowest BCUT2D eigenvalue weighted by Crippen LogP contribution is -2.18. The normalized spacial score (nSPS) is 11.3. The van der Waals surface area contributed by atoms with Gasteiger partial charge in [-0.3, -0.25) is 0 Å². The standard InChI is InChI=1S/C27H29N3O8S/c1-7-38-27(31)25-24(16-8-9-19(34-3)20(12-16)35-4)17-13-21(36-5)22(37-6)14-18(17)29-26(25)39(32,33)15-23-28-10-11-30(23)2/h8-14H,7,15H2,1-6H3. The van der Waals surface area contributed by atoms with Crippen LogP contribution in [0.2, 0.25) is 0 Å². The molecule has 0 bridgehead atoms. The van der Waals surface area contributed by atoms with E-state index in [0.717, 1.165) is 0 Å². The van der Waals surface area contributed by atoms with Crippen molar-refractivity contribution >= 4 is 26.7 Å². The molecule has 2 heterocycles. The Hall–Kier alpha value is -4.32. The van der Waals surface area contributed by atoms with Gasteiger partial charge in [0, 0.05) is 36.5 Å². The van der Waals surface area contributed by atoms with Gasteiger partial charge >= 0.3 is 5.97 Å². The van der Waals surface area contributed by atoms with Crippen molar-refractivity contribution in [2.24, 2.45) is 7.05 Å². The second-order valence-corrected chi connectivity index (χ2v) is 10.3. The van der Waals surface area contributed by atoms with Crippen molar-refractivity contribution in [3.05, 3.63) is 54.1 Å². The molecule has 0 aliphatic rings. The highest BCUT2D eigenvalue weighted by molar-refractivity contribution is 7.90. The summed E-state index contributed by atoms with van der Waals surface area (Å²) in [6, 6.07) is 8.23. The number of esters is 1. The average Bonchev–Trinajstić information content (AvgIpc) is 3.33. The number of aromatic nitrogens is 3. The number of sulfone groups is 1. The predicted octanol–water partition coefficient (Wildman–Crippen LogP) is 3.82. The third kappa shape index (κ3) is 5.19. The van der Waals surface area contributed by atoms with Crippen molar-refractivity contribution < 1.29 is 36.9 Å². The molecule has 0 atom stereocenters. The molecule has 0 radical (unpaired) electrons. The first-order valence-corrected chi connectivity index (χ1v) is 13.5. The molecule has 206 valence electrons. The SMILES string of the molecule is CCOC(=O)c1c(S(=O)(=O)Cc2nccn2C)nc2cc(OC)c(OC)cc2c1-c1ccc(OC)c(OC)c1. The van der Waals surface area contributed by atoms with Crippen molar-refractivity contribution in [2.45, 2.75) is 17.7 Å². The Morgan fingerprint density at radius 2 is 1.56 bits per heavy atom. The molecule has 0 unspecified atom stereocenters. The number of hydrogen-bond acceptors (Lipinski definition) is 10. The number of rotatable bonds is 10. The van der Waals surface area contributed by atoms with E-state index in [4.69, 9.17) is 23.7 Å². The van der Waals surface area contributed by atoms with Crippen molar-refractivity contribution in [2.75, 3.05) is 35.0 Å². The van der Waals surface area contributed by atoms with Crippen LogP contribution in [0.25, 0.3) is 22.0 Å². The number of pyridine rings is 1. The topological polar surface area (TPSA) is 128 Å². The summed E-state index contributed by atoms with van der Waals surface area (Å²) in [5.74, 6) is 0.502. The molecule has 0 spiro atoms. The van der Waals surface area contributed by atoms with E-state index >= 15 is 0 Å². The molecule has 4 rings (SSSR count). The van der Waals surface area contributed by atoms with E-state index in [0.29, 0.717) is 33.9 Å². The minimum atomic E-state index is -4.21. The van der Waals surface area contributed by atoms with E-state index in [9.17, 15) is 13.2 Å². The van der Waals surface area contributed by atoms with Crippen LogP contribution in [-0.2, 0) is 27.4 Å². The smallest absolute Gasteiger partial charge is 0.341 e. The number of fused-ring (bicyclic) bond motifs is 1. The number of aryl methyl sites for hydroxylation is 1. The number of methoxy groups -OCH3 is 4. The Bertz CT molecular complexity index is 1650. The number of carbonyl (C=O) groups excluding carboxylic acids is 1. The van der Waals surface area contributed by atoms with Gasteiger partial charge in [0.25, 0.3) is 0 Å². The van der Waals surface area contributed by atoms with Gasteiger partial charge < -0.3 is 28.3 Å². The molecule has 0 fully saturated rings. The fraction of sp³-hybridized carbons (Fsp3) is 0.296. The molecule has 0 aliphatic carbocycles. The van der Waals surface area contributed by atoms with Crippen molar-refractivity contribution in [1.29, 1.82) is 0 Å². The number of hydrogen-bond donors (Lipinski definition) is 0.